The molecule has 3 aromatic heterocycles. The van der Waals surface area contributed by atoms with Crippen molar-refractivity contribution < 1.29 is 9.72 Å². The number of carbonyl (C=O) groups excluding carboxylic acids is 1. The lowest BCUT2D eigenvalue weighted by Crippen LogP contribution is -2.36. The van der Waals surface area contributed by atoms with Gasteiger partial charge in [-0.05, 0) is 50.0 Å². The lowest BCUT2D eigenvalue weighted by molar-refractivity contribution is -0.385. The number of hydrogen-bond donors (Lipinski definition) is 1. The fraction of sp³-hybridized carbons (Fsp3) is 0.524. The Balaban J connectivity index is 1.77. The number of nitro groups is 1. The van der Waals surface area contributed by atoms with Crippen molar-refractivity contribution in [2.24, 2.45) is 18.4 Å². The van der Waals surface area contributed by atoms with Crippen molar-refractivity contribution in [2.45, 2.75) is 53.9 Å². The normalized spacial score (nSPS) is 16.2. The number of carbonyl (C=O) groups is 1. The zero-order valence-electron chi connectivity index (χ0n) is 19.0. The van der Waals surface area contributed by atoms with E-state index in [1.165, 1.54) is 18.8 Å². The predicted molar refractivity (Wildman–Crippen MR) is 122 cm³/mol. The molecule has 170 valence electrons. The van der Waals surface area contributed by atoms with Gasteiger partial charge in [0.05, 0.1) is 10.3 Å². The Morgan fingerprint density at radius 2 is 2.00 bits per heavy atom. The van der Waals surface area contributed by atoms with Crippen LogP contribution in [0.15, 0.2) is 4.79 Å². The molecule has 1 amide bonds. The number of aromatic nitrogens is 4. The summed E-state index contributed by atoms with van der Waals surface area (Å²) < 4.78 is 2.23. The summed E-state index contributed by atoms with van der Waals surface area (Å²) in [6, 6.07) is 0. The molecule has 1 atom stereocenters. The molecule has 0 aliphatic heterocycles. The highest BCUT2D eigenvalue weighted by Crippen LogP contribution is 2.42. The third-order valence-electron chi connectivity index (χ3n) is 6.28. The highest BCUT2D eigenvalue weighted by Gasteiger charge is 2.33. The highest BCUT2D eigenvalue weighted by atomic mass is 32.1. The van der Waals surface area contributed by atoms with Gasteiger partial charge < -0.3 is 0 Å². The Morgan fingerprint density at radius 3 is 2.62 bits per heavy atom. The van der Waals surface area contributed by atoms with Crippen LogP contribution in [0.4, 0.5) is 5.69 Å². The van der Waals surface area contributed by atoms with Crippen molar-refractivity contribution in [3.8, 4) is 0 Å². The van der Waals surface area contributed by atoms with Gasteiger partial charge in [-0.2, -0.15) is 5.10 Å². The minimum absolute atomic E-state index is 0.126. The van der Waals surface area contributed by atoms with E-state index < -0.39 is 10.8 Å². The van der Waals surface area contributed by atoms with Crippen LogP contribution in [0.3, 0.4) is 0 Å². The lowest BCUT2D eigenvalue weighted by Gasteiger charge is -2.33. The summed E-state index contributed by atoms with van der Waals surface area (Å²) in [7, 11) is 1.45. The highest BCUT2D eigenvalue weighted by molar-refractivity contribution is 7.18. The van der Waals surface area contributed by atoms with Crippen LogP contribution in [0, 0.1) is 35.3 Å². The van der Waals surface area contributed by atoms with E-state index in [0.717, 1.165) is 34.2 Å². The largest absolute Gasteiger partial charge is 0.322 e. The molecule has 0 radical (unpaired) electrons. The van der Waals surface area contributed by atoms with E-state index in [1.54, 1.807) is 18.3 Å². The lowest BCUT2D eigenvalue weighted by atomic mass is 9.72. The van der Waals surface area contributed by atoms with E-state index in [2.05, 4.69) is 36.3 Å². The molecule has 3 heterocycles. The van der Waals surface area contributed by atoms with E-state index >= 15 is 0 Å². The third-order valence-corrected chi connectivity index (χ3v) is 7.43. The summed E-state index contributed by atoms with van der Waals surface area (Å²) in [5.41, 5.74) is 2.85. The molecule has 0 fully saturated rings. The molecule has 0 bridgehead atoms. The predicted octanol–water partition coefficient (Wildman–Crippen LogP) is 3.25. The molecule has 11 heteroatoms. The van der Waals surface area contributed by atoms with Gasteiger partial charge in [-0.25, -0.2) is 9.66 Å². The molecule has 0 aromatic carbocycles. The maximum absolute atomic E-state index is 13.4. The van der Waals surface area contributed by atoms with Crippen molar-refractivity contribution in [1.82, 2.24) is 19.4 Å². The van der Waals surface area contributed by atoms with Gasteiger partial charge >= 0.3 is 5.69 Å². The van der Waals surface area contributed by atoms with Crippen LogP contribution in [-0.4, -0.2) is 30.3 Å². The van der Waals surface area contributed by atoms with Crippen LogP contribution in [0.5, 0.6) is 0 Å². The second-order valence-electron chi connectivity index (χ2n) is 9.39. The van der Waals surface area contributed by atoms with Gasteiger partial charge in [0, 0.05) is 11.9 Å². The number of aryl methyl sites for hydroxylation is 4. The first-order chi connectivity index (χ1) is 14.9. The first-order valence-electron chi connectivity index (χ1n) is 10.4. The topological polar surface area (TPSA) is 125 Å². The zero-order chi connectivity index (χ0) is 23.5. The SMILES string of the molecule is Cc1nn(C)c(C(=O)Nn2c(C)nc3sc4c(c3c2=O)CC[C@H](C(C)(C)C)C4)c1[N+](=O)[O-]. The molecule has 3 aromatic rings. The van der Waals surface area contributed by atoms with Gasteiger partial charge in [0.2, 0.25) is 5.69 Å². The number of thiophene rings is 1. The second-order valence-corrected chi connectivity index (χ2v) is 10.5. The number of hydrogen-bond acceptors (Lipinski definition) is 7. The van der Waals surface area contributed by atoms with Gasteiger partial charge in [-0.3, -0.25) is 29.8 Å². The Kier molecular flexibility index (Phi) is 5.19. The summed E-state index contributed by atoms with van der Waals surface area (Å²) in [6.45, 7) is 9.80. The molecule has 10 nitrogen and oxygen atoms in total. The first-order valence-corrected chi connectivity index (χ1v) is 11.2. The van der Waals surface area contributed by atoms with Crippen LogP contribution in [0.25, 0.3) is 10.2 Å². The van der Waals surface area contributed by atoms with Crippen LogP contribution in [0.1, 0.15) is 59.6 Å². The molecule has 1 aliphatic rings. The summed E-state index contributed by atoms with van der Waals surface area (Å²) in [4.78, 5) is 43.5. The summed E-state index contributed by atoms with van der Waals surface area (Å²) in [5.74, 6) is 0.0473. The summed E-state index contributed by atoms with van der Waals surface area (Å²) in [6.07, 6.45) is 2.69. The Labute approximate surface area is 188 Å². The minimum Gasteiger partial charge on any atom is -0.267 e. The number of nitrogens with zero attached hydrogens (tertiary/aromatic N) is 5. The van der Waals surface area contributed by atoms with Crippen molar-refractivity contribution >= 4 is 33.1 Å². The van der Waals surface area contributed by atoms with Crippen molar-refractivity contribution in [2.75, 3.05) is 5.43 Å². The quantitative estimate of drug-likeness (QED) is 0.474. The summed E-state index contributed by atoms with van der Waals surface area (Å²) in [5, 5.41) is 15.9. The third kappa shape index (κ3) is 3.50. The van der Waals surface area contributed by atoms with E-state index in [1.807, 2.05) is 0 Å². The molecule has 32 heavy (non-hydrogen) atoms. The van der Waals surface area contributed by atoms with Gasteiger partial charge in [0.1, 0.15) is 16.3 Å². The van der Waals surface area contributed by atoms with Crippen LogP contribution in [-0.2, 0) is 19.9 Å². The maximum Gasteiger partial charge on any atom is 0.322 e. The maximum atomic E-state index is 13.4. The Hall–Kier alpha value is -3.08. The van der Waals surface area contributed by atoms with Crippen LogP contribution in [0.2, 0.25) is 0 Å². The molecule has 0 unspecified atom stereocenters. The smallest absolute Gasteiger partial charge is 0.267 e. The average molecular weight is 459 g/mol. The van der Waals surface area contributed by atoms with E-state index in [0.29, 0.717) is 22.0 Å². The molecule has 0 spiro atoms. The average Bonchev–Trinajstić information content (AvgIpc) is 3.19. The molecule has 0 saturated carbocycles. The van der Waals surface area contributed by atoms with Gasteiger partial charge in [-0.15, -0.1) is 11.3 Å². The van der Waals surface area contributed by atoms with Crippen molar-refractivity contribution in [3.05, 3.63) is 48.1 Å². The summed E-state index contributed by atoms with van der Waals surface area (Å²) >= 11 is 1.54. The fourth-order valence-electron chi connectivity index (χ4n) is 4.47. The molecule has 0 saturated heterocycles. The molecule has 4 rings (SSSR count). The van der Waals surface area contributed by atoms with Gasteiger partial charge in [0.25, 0.3) is 11.5 Å². The number of amides is 1. The van der Waals surface area contributed by atoms with Gasteiger partial charge in [-0.1, -0.05) is 20.8 Å². The molecular weight excluding hydrogens is 432 g/mol. The Bertz CT molecular complexity index is 1330. The van der Waals surface area contributed by atoms with Crippen molar-refractivity contribution in [1.29, 1.82) is 0 Å². The molecular formula is C21H26N6O4S. The minimum atomic E-state index is -0.789. The van der Waals surface area contributed by atoms with E-state index in [9.17, 15) is 19.7 Å². The Morgan fingerprint density at radius 1 is 1.31 bits per heavy atom. The first kappa shape index (κ1) is 22.1. The van der Waals surface area contributed by atoms with E-state index in [4.69, 9.17) is 0 Å². The number of nitrogens with one attached hydrogen (secondary N) is 1. The zero-order valence-corrected chi connectivity index (χ0v) is 19.8. The molecule has 1 aliphatic carbocycles. The fourth-order valence-corrected chi connectivity index (χ4v) is 5.81. The van der Waals surface area contributed by atoms with Crippen LogP contribution >= 0.6 is 11.3 Å². The standard InChI is InChI=1S/C21H26N6O4S/c1-10-16(27(30)31)17(25(6)23-10)18(28)24-26-11(2)22-19-15(20(26)29)13-8-7-12(21(3,4)5)9-14(13)32-19/h12H,7-9H2,1-6H3,(H,24,28)/t12-/m0/s1. The second kappa shape index (κ2) is 7.51. The monoisotopic (exact) mass is 458 g/mol. The van der Waals surface area contributed by atoms with E-state index in [-0.39, 0.29) is 28.0 Å². The van der Waals surface area contributed by atoms with Gasteiger partial charge in [0.15, 0.2) is 0 Å². The van der Waals surface area contributed by atoms with Crippen molar-refractivity contribution in [3.63, 3.8) is 0 Å². The molecule has 1 N–H and O–H groups in total. The van der Waals surface area contributed by atoms with Crippen LogP contribution < -0.4 is 11.0 Å². The number of fused-ring (bicyclic) bond motifs is 3. The number of rotatable bonds is 3.